The van der Waals surface area contributed by atoms with Crippen molar-refractivity contribution in [1.29, 1.82) is 0 Å². The number of carbonyl (C=O) groups excluding carboxylic acids is 1. The lowest BCUT2D eigenvalue weighted by atomic mass is 9.92. The summed E-state index contributed by atoms with van der Waals surface area (Å²) in [7, 11) is 0. The van der Waals surface area contributed by atoms with Crippen molar-refractivity contribution in [2.24, 2.45) is 17.8 Å². The highest BCUT2D eigenvalue weighted by molar-refractivity contribution is 5.85. The van der Waals surface area contributed by atoms with Crippen molar-refractivity contribution in [1.82, 2.24) is 5.32 Å². The zero-order valence-corrected chi connectivity index (χ0v) is 10.5. The Morgan fingerprint density at radius 1 is 1.12 bits per heavy atom. The van der Waals surface area contributed by atoms with Gasteiger partial charge in [-0.05, 0) is 45.4 Å². The molecular formula is C13H21NO3. The average Bonchev–Trinajstić information content (AvgIpc) is 2.95. The van der Waals surface area contributed by atoms with Crippen LogP contribution >= 0.6 is 0 Å². The van der Waals surface area contributed by atoms with Crippen LogP contribution in [0.15, 0.2) is 0 Å². The van der Waals surface area contributed by atoms with E-state index in [0.29, 0.717) is 18.8 Å². The molecule has 2 rings (SSSR count). The zero-order chi connectivity index (χ0) is 12.6. The van der Waals surface area contributed by atoms with Gasteiger partial charge in [0.25, 0.3) is 0 Å². The Balaban J connectivity index is 1.97. The minimum atomic E-state index is -0.827. The molecule has 0 aliphatic heterocycles. The first-order chi connectivity index (χ1) is 7.92. The molecule has 0 bridgehead atoms. The molecule has 2 atom stereocenters. The molecule has 2 fully saturated rings. The maximum atomic E-state index is 12.1. The fourth-order valence-corrected chi connectivity index (χ4v) is 2.89. The third kappa shape index (κ3) is 2.61. The Labute approximate surface area is 102 Å². The van der Waals surface area contributed by atoms with E-state index < -0.39 is 11.9 Å². The monoisotopic (exact) mass is 239 g/mol. The average molecular weight is 239 g/mol. The van der Waals surface area contributed by atoms with Gasteiger partial charge in [0.1, 0.15) is 0 Å². The summed E-state index contributed by atoms with van der Waals surface area (Å²) in [5.74, 6) is -1.13. The lowest BCUT2D eigenvalue weighted by Crippen LogP contribution is -2.48. The quantitative estimate of drug-likeness (QED) is 0.786. The molecule has 4 heteroatoms. The number of hydrogen-bond donors (Lipinski definition) is 2. The Morgan fingerprint density at radius 3 is 2.24 bits per heavy atom. The number of rotatable bonds is 4. The van der Waals surface area contributed by atoms with Crippen LogP contribution in [0.5, 0.6) is 0 Å². The van der Waals surface area contributed by atoms with Crippen LogP contribution in [0, 0.1) is 17.8 Å². The van der Waals surface area contributed by atoms with Gasteiger partial charge in [0.2, 0.25) is 5.91 Å². The number of carboxylic acids is 1. The van der Waals surface area contributed by atoms with E-state index in [9.17, 15) is 9.59 Å². The van der Waals surface area contributed by atoms with Crippen LogP contribution in [0.1, 0.15) is 46.0 Å². The number of hydrogen-bond acceptors (Lipinski definition) is 2. The summed E-state index contributed by atoms with van der Waals surface area (Å²) in [5, 5.41) is 12.1. The predicted molar refractivity (Wildman–Crippen MR) is 63.4 cm³/mol. The Hall–Kier alpha value is -1.06. The van der Waals surface area contributed by atoms with E-state index in [1.807, 2.05) is 13.8 Å². The normalized spacial score (nSPS) is 29.1. The highest BCUT2D eigenvalue weighted by Crippen LogP contribution is 2.40. The summed E-state index contributed by atoms with van der Waals surface area (Å²) >= 11 is 0. The molecule has 0 aromatic carbocycles. The third-order valence-corrected chi connectivity index (χ3v) is 4.21. The molecule has 96 valence electrons. The molecule has 2 aliphatic carbocycles. The van der Waals surface area contributed by atoms with E-state index in [-0.39, 0.29) is 17.4 Å². The van der Waals surface area contributed by atoms with Crippen LogP contribution in [-0.2, 0) is 9.59 Å². The second-order valence-corrected chi connectivity index (χ2v) is 5.97. The molecule has 0 radical (unpaired) electrons. The van der Waals surface area contributed by atoms with E-state index in [4.69, 9.17) is 5.11 Å². The maximum Gasteiger partial charge on any atom is 0.307 e. The third-order valence-electron chi connectivity index (χ3n) is 4.21. The van der Waals surface area contributed by atoms with Gasteiger partial charge in [0.15, 0.2) is 0 Å². The first-order valence-corrected chi connectivity index (χ1v) is 6.46. The largest absolute Gasteiger partial charge is 0.481 e. The van der Waals surface area contributed by atoms with Crippen LogP contribution in [0.25, 0.3) is 0 Å². The second-order valence-electron chi connectivity index (χ2n) is 5.97. The summed E-state index contributed by atoms with van der Waals surface area (Å²) in [6.07, 6.45) is 4.53. The summed E-state index contributed by atoms with van der Waals surface area (Å²) in [6.45, 7) is 4.07. The lowest BCUT2D eigenvalue weighted by molar-refractivity contribution is -0.146. The van der Waals surface area contributed by atoms with Crippen LogP contribution in [0.3, 0.4) is 0 Å². The minimum absolute atomic E-state index is 0.0631. The first-order valence-electron chi connectivity index (χ1n) is 6.46. The van der Waals surface area contributed by atoms with Crippen LogP contribution in [-0.4, -0.2) is 22.5 Å². The SMILES string of the molecule is CC(C)(NC(=O)C1CCCC1C(=O)O)C1CC1. The Morgan fingerprint density at radius 2 is 1.71 bits per heavy atom. The number of carbonyl (C=O) groups is 2. The molecule has 2 unspecified atom stereocenters. The van der Waals surface area contributed by atoms with Gasteiger partial charge in [-0.3, -0.25) is 9.59 Å². The standard InChI is InChI=1S/C13H21NO3/c1-13(2,8-6-7-8)14-11(15)9-4-3-5-10(9)12(16)17/h8-10H,3-7H2,1-2H3,(H,14,15)(H,16,17). The molecule has 2 N–H and O–H groups in total. The Bertz CT molecular complexity index is 334. The van der Waals surface area contributed by atoms with Crippen LogP contribution in [0.4, 0.5) is 0 Å². The molecule has 2 aliphatic rings. The molecule has 17 heavy (non-hydrogen) atoms. The van der Waals surface area contributed by atoms with E-state index in [1.165, 1.54) is 12.8 Å². The van der Waals surface area contributed by atoms with Gasteiger partial charge in [0.05, 0.1) is 11.8 Å². The topological polar surface area (TPSA) is 66.4 Å². The van der Waals surface area contributed by atoms with Crippen molar-refractivity contribution in [3.8, 4) is 0 Å². The van der Waals surface area contributed by atoms with Gasteiger partial charge in [-0.1, -0.05) is 6.42 Å². The fourth-order valence-electron chi connectivity index (χ4n) is 2.89. The molecular weight excluding hydrogens is 218 g/mol. The molecule has 0 aromatic rings. The summed E-state index contributed by atoms with van der Waals surface area (Å²) in [5.41, 5.74) is -0.178. The maximum absolute atomic E-state index is 12.1. The van der Waals surface area contributed by atoms with E-state index >= 15 is 0 Å². The molecule has 4 nitrogen and oxygen atoms in total. The van der Waals surface area contributed by atoms with Gasteiger partial charge in [-0.25, -0.2) is 0 Å². The van der Waals surface area contributed by atoms with Crippen molar-refractivity contribution in [2.45, 2.75) is 51.5 Å². The van der Waals surface area contributed by atoms with Crippen molar-refractivity contribution in [3.63, 3.8) is 0 Å². The van der Waals surface area contributed by atoms with Gasteiger partial charge >= 0.3 is 5.97 Å². The number of aliphatic carboxylic acids is 1. The van der Waals surface area contributed by atoms with Crippen molar-refractivity contribution in [3.05, 3.63) is 0 Å². The summed E-state index contributed by atoms with van der Waals surface area (Å²) in [6, 6.07) is 0. The van der Waals surface area contributed by atoms with Gasteiger partial charge in [0, 0.05) is 5.54 Å². The summed E-state index contributed by atoms with van der Waals surface area (Å²) in [4.78, 5) is 23.2. The van der Waals surface area contributed by atoms with E-state index in [1.54, 1.807) is 0 Å². The Kier molecular flexibility index (Phi) is 3.15. The highest BCUT2D eigenvalue weighted by Gasteiger charge is 2.43. The molecule has 0 spiro atoms. The smallest absolute Gasteiger partial charge is 0.307 e. The fraction of sp³-hybridized carbons (Fsp3) is 0.846. The van der Waals surface area contributed by atoms with Crippen LogP contribution in [0.2, 0.25) is 0 Å². The van der Waals surface area contributed by atoms with Gasteiger partial charge < -0.3 is 10.4 Å². The summed E-state index contributed by atoms with van der Waals surface area (Å²) < 4.78 is 0. The zero-order valence-electron chi connectivity index (χ0n) is 10.5. The highest BCUT2D eigenvalue weighted by atomic mass is 16.4. The number of carboxylic acid groups (broad SMARTS) is 1. The second kappa shape index (κ2) is 4.31. The van der Waals surface area contributed by atoms with E-state index in [2.05, 4.69) is 5.32 Å². The lowest BCUT2D eigenvalue weighted by Gasteiger charge is -2.28. The van der Waals surface area contributed by atoms with Crippen molar-refractivity contribution < 1.29 is 14.7 Å². The first kappa shape index (κ1) is 12.4. The van der Waals surface area contributed by atoms with Gasteiger partial charge in [-0.2, -0.15) is 0 Å². The molecule has 2 saturated carbocycles. The minimum Gasteiger partial charge on any atom is -0.481 e. The van der Waals surface area contributed by atoms with E-state index in [0.717, 1.165) is 6.42 Å². The van der Waals surface area contributed by atoms with Crippen molar-refractivity contribution in [2.75, 3.05) is 0 Å². The number of nitrogens with one attached hydrogen (secondary N) is 1. The molecule has 0 saturated heterocycles. The molecule has 0 heterocycles. The predicted octanol–water partition coefficient (Wildman–Crippen LogP) is 1.79. The molecule has 1 amide bonds. The van der Waals surface area contributed by atoms with Gasteiger partial charge in [-0.15, -0.1) is 0 Å². The molecule has 0 aromatic heterocycles. The van der Waals surface area contributed by atoms with Crippen molar-refractivity contribution >= 4 is 11.9 Å². The van der Waals surface area contributed by atoms with Crippen LogP contribution < -0.4 is 5.32 Å². The number of amides is 1.